The maximum absolute atomic E-state index is 12.3. The van der Waals surface area contributed by atoms with Gasteiger partial charge in [0.2, 0.25) is 0 Å². The van der Waals surface area contributed by atoms with Crippen molar-refractivity contribution in [3.8, 4) is 22.6 Å². The number of hydrogen-bond donors (Lipinski definition) is 2. The number of carbonyl (C=O) groups is 1. The fraction of sp³-hybridized carbons (Fsp3) is 0.364. The Morgan fingerprint density at radius 1 is 1.28 bits per heavy atom. The first-order valence-corrected chi connectivity index (χ1v) is 10.5. The number of amides is 1. The van der Waals surface area contributed by atoms with Crippen LogP contribution in [0.5, 0.6) is 0 Å². The van der Waals surface area contributed by atoms with Crippen LogP contribution in [0.25, 0.3) is 28.3 Å². The monoisotopic (exact) mass is 435 g/mol. The molecule has 10 nitrogen and oxygen atoms in total. The molecule has 3 aliphatic heterocycles. The molecule has 5 heterocycles. The molecule has 1 fully saturated rings. The van der Waals surface area contributed by atoms with Gasteiger partial charge in [-0.15, -0.1) is 0 Å². The van der Waals surface area contributed by atoms with Crippen LogP contribution in [0.4, 0.5) is 5.82 Å². The van der Waals surface area contributed by atoms with E-state index in [1.54, 1.807) is 18.7 Å². The lowest BCUT2D eigenvalue weighted by molar-refractivity contribution is -0.0600. The predicted octanol–water partition coefficient (Wildman–Crippen LogP) is 2.08. The highest BCUT2D eigenvalue weighted by molar-refractivity contribution is 6.00. The normalized spacial score (nSPS) is 18.8. The van der Waals surface area contributed by atoms with Crippen LogP contribution in [0.2, 0.25) is 0 Å². The van der Waals surface area contributed by atoms with Gasteiger partial charge in [0, 0.05) is 57.4 Å². The SMILES string of the molecule is CNC(=O)c1cnn2c(NC)cc(-c3cnc4n([C@@H]5CCOC[C@H]5OC)cccc3-4)nc12. The average molecular weight is 435 g/mol. The van der Waals surface area contributed by atoms with Gasteiger partial charge in [0.15, 0.2) is 5.65 Å². The van der Waals surface area contributed by atoms with Crippen molar-refractivity contribution in [3.05, 3.63) is 42.4 Å². The average Bonchev–Trinajstić information content (AvgIpc) is 3.47. The Balaban J connectivity index is 1.62. The summed E-state index contributed by atoms with van der Waals surface area (Å²) in [4.78, 5) is 21.8. The van der Waals surface area contributed by atoms with Crippen LogP contribution in [-0.2, 0) is 9.47 Å². The van der Waals surface area contributed by atoms with Crippen molar-refractivity contribution in [1.82, 2.24) is 29.5 Å². The molecule has 0 aliphatic carbocycles. The number of anilines is 1. The van der Waals surface area contributed by atoms with E-state index in [4.69, 9.17) is 19.4 Å². The van der Waals surface area contributed by atoms with E-state index < -0.39 is 0 Å². The molecule has 1 saturated heterocycles. The summed E-state index contributed by atoms with van der Waals surface area (Å²) in [6.07, 6.45) is 6.21. The molecule has 32 heavy (non-hydrogen) atoms. The third-order valence-electron chi connectivity index (χ3n) is 6.01. The second kappa shape index (κ2) is 8.21. The maximum atomic E-state index is 12.3. The fourth-order valence-electron chi connectivity index (χ4n) is 4.35. The van der Waals surface area contributed by atoms with Crippen molar-refractivity contribution in [3.63, 3.8) is 0 Å². The van der Waals surface area contributed by atoms with Gasteiger partial charge in [-0.1, -0.05) is 0 Å². The van der Waals surface area contributed by atoms with Crippen molar-refractivity contribution < 1.29 is 14.3 Å². The Kier molecular flexibility index (Phi) is 5.24. The largest absolute Gasteiger partial charge is 0.379 e. The summed E-state index contributed by atoms with van der Waals surface area (Å²) in [5, 5.41) is 10.1. The molecular weight excluding hydrogens is 410 g/mol. The Labute approximate surface area is 184 Å². The molecule has 2 aromatic rings. The van der Waals surface area contributed by atoms with Crippen LogP contribution in [0.15, 0.2) is 36.8 Å². The molecule has 0 spiro atoms. The minimum atomic E-state index is -0.236. The molecule has 0 radical (unpaired) electrons. The fourth-order valence-corrected chi connectivity index (χ4v) is 4.35. The third kappa shape index (κ3) is 3.19. The predicted molar refractivity (Wildman–Crippen MR) is 119 cm³/mol. The minimum absolute atomic E-state index is 0.0354. The van der Waals surface area contributed by atoms with Crippen LogP contribution in [0, 0.1) is 0 Å². The number of carbonyl (C=O) groups excluding carboxylic acids is 1. The highest BCUT2D eigenvalue weighted by Crippen LogP contribution is 2.37. The highest BCUT2D eigenvalue weighted by atomic mass is 16.5. The molecule has 2 aromatic heterocycles. The van der Waals surface area contributed by atoms with E-state index in [9.17, 15) is 4.79 Å². The lowest BCUT2D eigenvalue weighted by Crippen LogP contribution is -2.36. The summed E-state index contributed by atoms with van der Waals surface area (Å²) in [5.74, 6) is 1.35. The lowest BCUT2D eigenvalue weighted by atomic mass is 10.0. The molecule has 2 N–H and O–H groups in total. The number of hydrogen-bond acceptors (Lipinski definition) is 7. The Morgan fingerprint density at radius 2 is 2.16 bits per heavy atom. The van der Waals surface area contributed by atoms with Crippen molar-refractivity contribution in [2.24, 2.45) is 0 Å². The molecule has 2 atom stereocenters. The van der Waals surface area contributed by atoms with E-state index in [1.807, 2.05) is 37.6 Å². The van der Waals surface area contributed by atoms with E-state index in [0.717, 1.165) is 29.2 Å². The van der Waals surface area contributed by atoms with Gasteiger partial charge in [-0.05, 0) is 18.6 Å². The topological polar surface area (TPSA) is 108 Å². The summed E-state index contributed by atoms with van der Waals surface area (Å²) in [7, 11) is 5.11. The van der Waals surface area contributed by atoms with E-state index in [2.05, 4.69) is 20.3 Å². The second-order valence-electron chi connectivity index (χ2n) is 7.68. The van der Waals surface area contributed by atoms with Gasteiger partial charge in [0.25, 0.3) is 5.91 Å². The van der Waals surface area contributed by atoms with Crippen molar-refractivity contribution >= 4 is 17.4 Å². The summed E-state index contributed by atoms with van der Waals surface area (Å²) in [6, 6.07) is 6.10. The van der Waals surface area contributed by atoms with E-state index in [0.29, 0.717) is 30.1 Å². The zero-order chi connectivity index (χ0) is 22.2. The van der Waals surface area contributed by atoms with Gasteiger partial charge in [-0.3, -0.25) is 4.79 Å². The highest BCUT2D eigenvalue weighted by Gasteiger charge is 2.30. The van der Waals surface area contributed by atoms with Crippen molar-refractivity contribution in [2.45, 2.75) is 18.6 Å². The molecule has 10 heteroatoms. The molecule has 166 valence electrons. The molecule has 0 unspecified atom stereocenters. The zero-order valence-electron chi connectivity index (χ0n) is 18.2. The molecule has 1 amide bonds. The number of aromatic nitrogens is 5. The van der Waals surface area contributed by atoms with Gasteiger partial charge in [-0.2, -0.15) is 9.61 Å². The van der Waals surface area contributed by atoms with Gasteiger partial charge >= 0.3 is 0 Å². The summed E-state index contributed by atoms with van der Waals surface area (Å²) >= 11 is 0. The zero-order valence-corrected chi connectivity index (χ0v) is 18.2. The molecule has 5 rings (SSSR count). The molecule has 0 saturated carbocycles. The number of rotatable bonds is 5. The number of methoxy groups -OCH3 is 1. The minimum Gasteiger partial charge on any atom is -0.379 e. The Morgan fingerprint density at radius 3 is 2.94 bits per heavy atom. The standard InChI is InChI=1S/C22H25N7O3/c1-23-19-9-16(27-21-15(22(30)24-2)11-26-29(19)21)14-10-25-20-13(14)5-4-7-28(20)17-6-8-32-12-18(17)31-3/h4-5,7,9-11,17-18,23H,6,8,12H2,1-3H3,(H,24,30)/t17-,18-/m1/s1. The summed E-state index contributed by atoms with van der Waals surface area (Å²) < 4.78 is 15.1. The number of nitrogens with one attached hydrogen (secondary N) is 2. The van der Waals surface area contributed by atoms with Gasteiger partial charge in [0.1, 0.15) is 23.3 Å². The second-order valence-corrected chi connectivity index (χ2v) is 7.68. The van der Waals surface area contributed by atoms with Crippen LogP contribution in [0.3, 0.4) is 0 Å². The number of nitrogens with zero attached hydrogens (tertiary/aromatic N) is 5. The van der Waals surface area contributed by atoms with Gasteiger partial charge in [0.05, 0.1) is 24.5 Å². The van der Waals surface area contributed by atoms with Crippen molar-refractivity contribution in [1.29, 1.82) is 0 Å². The first-order chi connectivity index (χ1) is 15.7. The number of ether oxygens (including phenoxy) is 2. The molecule has 0 bridgehead atoms. The lowest BCUT2D eigenvalue weighted by Gasteiger charge is -2.33. The molecule has 3 aliphatic rings. The van der Waals surface area contributed by atoms with Gasteiger partial charge in [-0.25, -0.2) is 9.97 Å². The van der Waals surface area contributed by atoms with Crippen LogP contribution in [0.1, 0.15) is 22.8 Å². The first-order valence-electron chi connectivity index (χ1n) is 10.5. The quantitative estimate of drug-likeness (QED) is 0.494. The first kappa shape index (κ1) is 20.4. The third-order valence-corrected chi connectivity index (χ3v) is 6.01. The van der Waals surface area contributed by atoms with Crippen LogP contribution >= 0.6 is 0 Å². The summed E-state index contributed by atoms with van der Waals surface area (Å²) in [5.41, 5.74) is 3.47. The number of pyridine rings is 1. The van der Waals surface area contributed by atoms with Crippen LogP contribution < -0.4 is 10.6 Å². The molecule has 0 aromatic carbocycles. The Bertz CT molecular complexity index is 1250. The summed E-state index contributed by atoms with van der Waals surface area (Å²) in [6.45, 7) is 1.25. The van der Waals surface area contributed by atoms with E-state index >= 15 is 0 Å². The number of fused-ring (bicyclic) bond motifs is 2. The smallest absolute Gasteiger partial charge is 0.256 e. The van der Waals surface area contributed by atoms with Crippen LogP contribution in [-0.4, -0.2) is 70.6 Å². The van der Waals surface area contributed by atoms with E-state index in [1.165, 1.54) is 6.20 Å². The van der Waals surface area contributed by atoms with Crippen molar-refractivity contribution in [2.75, 3.05) is 39.7 Å². The maximum Gasteiger partial charge on any atom is 0.256 e. The Hall–Kier alpha value is -3.50. The molecular formula is C22H25N7O3. The van der Waals surface area contributed by atoms with Gasteiger partial charge < -0.3 is 24.7 Å². The van der Waals surface area contributed by atoms with E-state index in [-0.39, 0.29) is 18.1 Å².